The molecule has 8 heteroatoms. The average Bonchev–Trinajstić information content (AvgIpc) is 3.23. The summed E-state index contributed by atoms with van der Waals surface area (Å²) in [6.45, 7) is 1.47. The van der Waals surface area contributed by atoms with E-state index in [1.807, 2.05) is 31.6 Å². The van der Waals surface area contributed by atoms with Crippen molar-refractivity contribution < 1.29 is 9.34 Å². The number of hydrogen-bond acceptors (Lipinski definition) is 5. The monoisotopic (exact) mass is 374 g/mol. The third-order valence-corrected chi connectivity index (χ3v) is 4.28. The second kappa shape index (κ2) is 8.16. The summed E-state index contributed by atoms with van der Waals surface area (Å²) in [5, 5.41) is 18.6. The molecular formula is C18H19ClN4O3. The van der Waals surface area contributed by atoms with Gasteiger partial charge in [-0.3, -0.25) is 14.8 Å². The van der Waals surface area contributed by atoms with Crippen LogP contribution in [0, 0.1) is 10.1 Å². The second-order valence-electron chi connectivity index (χ2n) is 5.99. The lowest BCUT2D eigenvalue weighted by Crippen LogP contribution is -2.14. The zero-order valence-corrected chi connectivity index (χ0v) is 15.1. The van der Waals surface area contributed by atoms with Crippen LogP contribution in [-0.2, 0) is 20.0 Å². The van der Waals surface area contributed by atoms with E-state index in [1.165, 1.54) is 17.7 Å². The molecule has 0 aliphatic carbocycles. The number of non-ortho nitro benzene ring substituents is 1. The van der Waals surface area contributed by atoms with Crippen molar-refractivity contribution >= 4 is 17.3 Å². The SMILES string of the molecule is Cn1cc(CCCNCc2ccc(-c3ccc([N+](=O)[O-])cc3Cl)o2)cn1. The summed E-state index contributed by atoms with van der Waals surface area (Å²) in [6, 6.07) is 8.04. The zero-order chi connectivity index (χ0) is 18.5. The Hall–Kier alpha value is -2.64. The van der Waals surface area contributed by atoms with Gasteiger partial charge in [-0.25, -0.2) is 0 Å². The van der Waals surface area contributed by atoms with Crippen LogP contribution in [0.15, 0.2) is 47.1 Å². The molecule has 0 amide bonds. The summed E-state index contributed by atoms with van der Waals surface area (Å²) in [5.74, 6) is 1.38. The lowest BCUT2D eigenvalue weighted by molar-refractivity contribution is -0.384. The standard InChI is InChI=1S/C18H19ClN4O3/c1-22-12-13(10-21-22)3-2-8-20-11-15-5-7-18(26-15)16-6-4-14(23(24)25)9-17(16)19/h4-7,9-10,12,20H,2-3,8,11H2,1H3. The second-order valence-corrected chi connectivity index (χ2v) is 6.40. The number of benzene rings is 1. The van der Waals surface area contributed by atoms with Crippen LogP contribution in [0.5, 0.6) is 0 Å². The highest BCUT2D eigenvalue weighted by atomic mass is 35.5. The lowest BCUT2D eigenvalue weighted by Gasteiger charge is -2.03. The Bertz CT molecular complexity index is 903. The van der Waals surface area contributed by atoms with Crippen LogP contribution in [-0.4, -0.2) is 21.2 Å². The predicted molar refractivity (Wildman–Crippen MR) is 99.0 cm³/mol. The minimum atomic E-state index is -0.474. The number of hydrogen-bond donors (Lipinski definition) is 1. The Balaban J connectivity index is 1.51. The van der Waals surface area contributed by atoms with Gasteiger partial charge in [0.05, 0.1) is 22.7 Å². The van der Waals surface area contributed by atoms with Crippen LogP contribution in [0.3, 0.4) is 0 Å². The highest BCUT2D eigenvalue weighted by molar-refractivity contribution is 6.33. The number of nitrogens with one attached hydrogen (secondary N) is 1. The summed E-state index contributed by atoms with van der Waals surface area (Å²) in [7, 11) is 1.91. The molecule has 0 fully saturated rings. The number of rotatable bonds is 8. The first-order valence-corrected chi connectivity index (χ1v) is 8.62. The van der Waals surface area contributed by atoms with Crippen molar-refractivity contribution in [2.24, 2.45) is 7.05 Å². The average molecular weight is 375 g/mol. The van der Waals surface area contributed by atoms with Gasteiger partial charge in [-0.2, -0.15) is 5.10 Å². The van der Waals surface area contributed by atoms with Gasteiger partial charge < -0.3 is 9.73 Å². The Morgan fingerprint density at radius 2 is 2.19 bits per heavy atom. The van der Waals surface area contributed by atoms with Gasteiger partial charge in [-0.1, -0.05) is 11.6 Å². The summed E-state index contributed by atoms with van der Waals surface area (Å²) in [6.07, 6.45) is 5.88. The first-order chi connectivity index (χ1) is 12.5. The van der Waals surface area contributed by atoms with Crippen molar-refractivity contribution in [3.63, 3.8) is 0 Å². The largest absolute Gasteiger partial charge is 0.460 e. The molecule has 0 saturated heterocycles. The van der Waals surface area contributed by atoms with Crippen LogP contribution in [0.4, 0.5) is 5.69 Å². The number of furan rings is 1. The van der Waals surface area contributed by atoms with E-state index in [0.717, 1.165) is 25.1 Å². The predicted octanol–water partition coefficient (Wildman–Crippen LogP) is 3.96. The third-order valence-electron chi connectivity index (χ3n) is 3.97. The highest BCUT2D eigenvalue weighted by Gasteiger charge is 2.13. The molecule has 0 aliphatic heterocycles. The fourth-order valence-corrected chi connectivity index (χ4v) is 2.93. The molecule has 7 nitrogen and oxygen atoms in total. The maximum Gasteiger partial charge on any atom is 0.270 e. The summed E-state index contributed by atoms with van der Waals surface area (Å²) in [4.78, 5) is 10.3. The van der Waals surface area contributed by atoms with E-state index in [2.05, 4.69) is 10.4 Å². The van der Waals surface area contributed by atoms with Gasteiger partial charge in [-0.15, -0.1) is 0 Å². The van der Waals surface area contributed by atoms with Crippen LogP contribution in [0.2, 0.25) is 5.02 Å². The van der Waals surface area contributed by atoms with Crippen molar-refractivity contribution in [2.45, 2.75) is 19.4 Å². The van der Waals surface area contributed by atoms with E-state index in [0.29, 0.717) is 22.9 Å². The van der Waals surface area contributed by atoms with Gasteiger partial charge in [0.1, 0.15) is 11.5 Å². The molecule has 136 valence electrons. The van der Waals surface area contributed by atoms with Crippen LogP contribution in [0.1, 0.15) is 17.7 Å². The van der Waals surface area contributed by atoms with Crippen molar-refractivity contribution in [1.82, 2.24) is 15.1 Å². The van der Waals surface area contributed by atoms with E-state index < -0.39 is 4.92 Å². The number of aryl methyl sites for hydroxylation is 2. The van der Waals surface area contributed by atoms with E-state index in [9.17, 15) is 10.1 Å². The molecule has 0 aliphatic rings. The van der Waals surface area contributed by atoms with Crippen molar-refractivity contribution in [3.05, 3.63) is 69.2 Å². The van der Waals surface area contributed by atoms with Crippen LogP contribution >= 0.6 is 11.6 Å². The third kappa shape index (κ3) is 4.50. The van der Waals surface area contributed by atoms with E-state index in [4.69, 9.17) is 16.0 Å². The van der Waals surface area contributed by atoms with Gasteiger partial charge >= 0.3 is 0 Å². The normalized spacial score (nSPS) is 11.0. The van der Waals surface area contributed by atoms with Gasteiger partial charge in [0.15, 0.2) is 0 Å². The molecule has 0 spiro atoms. The molecule has 2 heterocycles. The van der Waals surface area contributed by atoms with Crippen molar-refractivity contribution in [3.8, 4) is 11.3 Å². The molecule has 0 saturated carbocycles. The number of aromatic nitrogens is 2. The van der Waals surface area contributed by atoms with Gasteiger partial charge in [0.2, 0.25) is 0 Å². The molecule has 3 rings (SSSR count). The Kier molecular flexibility index (Phi) is 5.70. The Morgan fingerprint density at radius 1 is 1.35 bits per heavy atom. The van der Waals surface area contributed by atoms with Crippen molar-refractivity contribution in [2.75, 3.05) is 6.54 Å². The smallest absolute Gasteiger partial charge is 0.270 e. The fourth-order valence-electron chi connectivity index (χ4n) is 2.67. The summed E-state index contributed by atoms with van der Waals surface area (Å²) < 4.78 is 7.59. The first-order valence-electron chi connectivity index (χ1n) is 8.24. The van der Waals surface area contributed by atoms with Gasteiger partial charge in [-0.05, 0) is 43.1 Å². The quantitative estimate of drug-likeness (QED) is 0.366. The minimum Gasteiger partial charge on any atom is -0.460 e. The van der Waals surface area contributed by atoms with E-state index >= 15 is 0 Å². The molecule has 0 bridgehead atoms. The van der Waals surface area contributed by atoms with Gasteiger partial charge in [0.25, 0.3) is 5.69 Å². The fraction of sp³-hybridized carbons (Fsp3) is 0.278. The molecule has 0 atom stereocenters. The highest BCUT2D eigenvalue weighted by Crippen LogP contribution is 2.32. The maximum atomic E-state index is 10.8. The van der Waals surface area contributed by atoms with E-state index in [1.54, 1.807) is 10.7 Å². The van der Waals surface area contributed by atoms with Crippen LogP contribution < -0.4 is 5.32 Å². The minimum absolute atomic E-state index is 0.0409. The lowest BCUT2D eigenvalue weighted by atomic mass is 10.1. The first kappa shape index (κ1) is 18.2. The molecule has 1 aromatic carbocycles. The number of nitrogens with zero attached hydrogens (tertiary/aromatic N) is 3. The topological polar surface area (TPSA) is 86.1 Å². The summed E-state index contributed by atoms with van der Waals surface area (Å²) in [5.41, 5.74) is 1.82. The maximum absolute atomic E-state index is 10.8. The molecule has 2 aromatic heterocycles. The molecule has 26 heavy (non-hydrogen) atoms. The molecule has 3 aromatic rings. The number of nitro groups is 1. The zero-order valence-electron chi connectivity index (χ0n) is 14.3. The van der Waals surface area contributed by atoms with E-state index in [-0.39, 0.29) is 5.69 Å². The Labute approximate surface area is 155 Å². The van der Waals surface area contributed by atoms with Crippen LogP contribution in [0.25, 0.3) is 11.3 Å². The molecule has 0 radical (unpaired) electrons. The molecule has 0 unspecified atom stereocenters. The number of nitro benzene ring substituents is 1. The molecule has 1 N–H and O–H groups in total. The van der Waals surface area contributed by atoms with Gasteiger partial charge in [0, 0.05) is 30.9 Å². The van der Waals surface area contributed by atoms with Crippen molar-refractivity contribution in [1.29, 1.82) is 0 Å². The molecular weight excluding hydrogens is 356 g/mol. The Morgan fingerprint density at radius 3 is 2.88 bits per heavy atom. The summed E-state index contributed by atoms with van der Waals surface area (Å²) >= 11 is 6.14. The number of halogens is 1.